The van der Waals surface area contributed by atoms with Gasteiger partial charge in [-0.15, -0.1) is 0 Å². The summed E-state index contributed by atoms with van der Waals surface area (Å²) in [5.74, 6) is 0.735. The predicted octanol–water partition coefficient (Wildman–Crippen LogP) is 1.92. The van der Waals surface area contributed by atoms with E-state index < -0.39 is 0 Å². The zero-order chi connectivity index (χ0) is 12.8. The maximum absolute atomic E-state index is 5.79. The molecule has 0 aromatic heterocycles. The molecule has 0 saturated carbocycles. The third-order valence-corrected chi connectivity index (χ3v) is 4.92. The predicted molar refractivity (Wildman–Crippen MR) is 77.7 cm³/mol. The second-order valence-corrected chi connectivity index (χ2v) is 6.14. The zero-order valence-electron chi connectivity index (χ0n) is 12.1. The molecule has 2 atom stereocenters. The molecular weight excluding hydrogens is 222 g/mol. The smallest absolute Gasteiger partial charge is 0.0235 e. The number of likely N-dealkylation sites (tertiary alicyclic amines) is 2. The van der Waals surface area contributed by atoms with Crippen LogP contribution in [0, 0.1) is 5.92 Å². The Balaban J connectivity index is 1.67. The summed E-state index contributed by atoms with van der Waals surface area (Å²) in [5, 5.41) is 0. The third kappa shape index (κ3) is 3.94. The molecule has 2 aliphatic rings. The molecule has 2 fully saturated rings. The molecular formula is C15H31N3. The van der Waals surface area contributed by atoms with Crippen molar-refractivity contribution in [2.45, 2.75) is 51.5 Å². The summed E-state index contributed by atoms with van der Waals surface area (Å²) >= 11 is 0. The molecule has 2 heterocycles. The van der Waals surface area contributed by atoms with Crippen molar-refractivity contribution >= 4 is 0 Å². The van der Waals surface area contributed by atoms with Gasteiger partial charge < -0.3 is 10.6 Å². The van der Waals surface area contributed by atoms with Crippen LogP contribution in [-0.2, 0) is 0 Å². The van der Waals surface area contributed by atoms with Gasteiger partial charge in [0.1, 0.15) is 0 Å². The lowest BCUT2D eigenvalue weighted by molar-refractivity contribution is 0.161. The van der Waals surface area contributed by atoms with E-state index in [1.165, 1.54) is 71.2 Å². The maximum atomic E-state index is 5.79. The Morgan fingerprint density at radius 3 is 2.61 bits per heavy atom. The van der Waals surface area contributed by atoms with E-state index in [-0.39, 0.29) is 0 Å². The average molecular weight is 253 g/mol. The van der Waals surface area contributed by atoms with Crippen molar-refractivity contribution in [3.05, 3.63) is 0 Å². The molecule has 2 unspecified atom stereocenters. The normalized spacial score (nSPS) is 28.7. The highest BCUT2D eigenvalue weighted by atomic mass is 15.3. The van der Waals surface area contributed by atoms with E-state index >= 15 is 0 Å². The quantitative estimate of drug-likeness (QED) is 0.785. The fourth-order valence-corrected chi connectivity index (χ4v) is 3.45. The Labute approximate surface area is 113 Å². The highest BCUT2D eigenvalue weighted by Gasteiger charge is 2.28. The first-order valence-electron chi connectivity index (χ1n) is 8.00. The minimum Gasteiger partial charge on any atom is -0.330 e. The van der Waals surface area contributed by atoms with Gasteiger partial charge in [0.15, 0.2) is 0 Å². The van der Waals surface area contributed by atoms with Crippen molar-refractivity contribution in [3.8, 4) is 0 Å². The van der Waals surface area contributed by atoms with Crippen LogP contribution in [0.4, 0.5) is 0 Å². The number of rotatable bonds is 6. The molecule has 2 N–H and O–H groups in total. The summed E-state index contributed by atoms with van der Waals surface area (Å²) in [6.07, 6.45) is 8.20. The van der Waals surface area contributed by atoms with Crippen molar-refractivity contribution in [2.75, 3.05) is 39.3 Å². The van der Waals surface area contributed by atoms with Crippen LogP contribution >= 0.6 is 0 Å². The summed E-state index contributed by atoms with van der Waals surface area (Å²) in [6, 6.07) is 0.850. The lowest BCUT2D eigenvalue weighted by atomic mass is 10.0. The SMILES string of the molecule is CCC(CN)CCN1CCC(N2CCCCC2)C1. The van der Waals surface area contributed by atoms with Gasteiger partial charge in [-0.3, -0.25) is 4.90 Å². The summed E-state index contributed by atoms with van der Waals surface area (Å²) in [5.41, 5.74) is 5.79. The molecule has 106 valence electrons. The van der Waals surface area contributed by atoms with Gasteiger partial charge >= 0.3 is 0 Å². The standard InChI is InChI=1S/C15H31N3/c1-2-14(12-16)6-10-17-11-7-15(13-17)18-8-4-3-5-9-18/h14-15H,2-13,16H2,1H3. The largest absolute Gasteiger partial charge is 0.330 e. The maximum Gasteiger partial charge on any atom is 0.0235 e. The summed E-state index contributed by atoms with van der Waals surface area (Å²) in [6.45, 7) is 9.69. The number of hydrogen-bond acceptors (Lipinski definition) is 3. The molecule has 0 aliphatic carbocycles. The molecule has 0 spiro atoms. The molecule has 0 radical (unpaired) electrons. The Hall–Kier alpha value is -0.120. The lowest BCUT2D eigenvalue weighted by Gasteiger charge is -2.32. The van der Waals surface area contributed by atoms with E-state index in [4.69, 9.17) is 5.73 Å². The Morgan fingerprint density at radius 1 is 1.17 bits per heavy atom. The van der Waals surface area contributed by atoms with Crippen LogP contribution in [0.5, 0.6) is 0 Å². The van der Waals surface area contributed by atoms with E-state index in [0.717, 1.165) is 18.5 Å². The molecule has 2 rings (SSSR count). The molecule has 3 heteroatoms. The zero-order valence-corrected chi connectivity index (χ0v) is 12.1. The fraction of sp³-hybridized carbons (Fsp3) is 1.00. The van der Waals surface area contributed by atoms with Crippen LogP contribution in [0.3, 0.4) is 0 Å². The van der Waals surface area contributed by atoms with Crippen molar-refractivity contribution in [1.82, 2.24) is 9.80 Å². The first-order valence-corrected chi connectivity index (χ1v) is 8.00. The van der Waals surface area contributed by atoms with E-state index in [2.05, 4.69) is 16.7 Å². The number of piperidine rings is 1. The third-order valence-electron chi connectivity index (χ3n) is 4.92. The topological polar surface area (TPSA) is 32.5 Å². The van der Waals surface area contributed by atoms with Crippen LogP contribution in [0.15, 0.2) is 0 Å². The Kier molecular flexibility index (Phi) is 5.93. The van der Waals surface area contributed by atoms with Gasteiger partial charge in [-0.2, -0.15) is 0 Å². The highest BCUT2D eigenvalue weighted by Crippen LogP contribution is 2.21. The van der Waals surface area contributed by atoms with E-state index in [0.29, 0.717) is 0 Å². The summed E-state index contributed by atoms with van der Waals surface area (Å²) in [4.78, 5) is 5.40. The number of nitrogens with zero attached hydrogens (tertiary/aromatic N) is 2. The van der Waals surface area contributed by atoms with Gasteiger partial charge in [-0.25, -0.2) is 0 Å². The lowest BCUT2D eigenvalue weighted by Crippen LogP contribution is -2.41. The molecule has 18 heavy (non-hydrogen) atoms. The second kappa shape index (κ2) is 7.46. The van der Waals surface area contributed by atoms with Crippen LogP contribution in [0.25, 0.3) is 0 Å². The van der Waals surface area contributed by atoms with Gasteiger partial charge in [0.05, 0.1) is 0 Å². The van der Waals surface area contributed by atoms with Gasteiger partial charge in [0.25, 0.3) is 0 Å². The fourth-order valence-electron chi connectivity index (χ4n) is 3.45. The second-order valence-electron chi connectivity index (χ2n) is 6.14. The van der Waals surface area contributed by atoms with Crippen LogP contribution < -0.4 is 5.73 Å². The molecule has 0 aromatic carbocycles. The molecule has 0 bridgehead atoms. The number of nitrogens with two attached hydrogens (primary N) is 1. The van der Waals surface area contributed by atoms with Crippen molar-refractivity contribution < 1.29 is 0 Å². The van der Waals surface area contributed by atoms with Crippen molar-refractivity contribution in [2.24, 2.45) is 11.7 Å². The van der Waals surface area contributed by atoms with Crippen molar-refractivity contribution in [1.29, 1.82) is 0 Å². The minimum atomic E-state index is 0.735. The Morgan fingerprint density at radius 2 is 1.94 bits per heavy atom. The van der Waals surface area contributed by atoms with Crippen molar-refractivity contribution in [3.63, 3.8) is 0 Å². The monoisotopic (exact) mass is 253 g/mol. The minimum absolute atomic E-state index is 0.735. The highest BCUT2D eigenvalue weighted by molar-refractivity contribution is 4.85. The van der Waals surface area contributed by atoms with Gasteiger partial charge in [-0.1, -0.05) is 19.8 Å². The molecule has 2 saturated heterocycles. The van der Waals surface area contributed by atoms with Crippen LogP contribution in [-0.4, -0.2) is 55.1 Å². The summed E-state index contributed by atoms with van der Waals surface area (Å²) < 4.78 is 0. The van der Waals surface area contributed by atoms with E-state index in [1.54, 1.807) is 0 Å². The number of hydrogen-bond donors (Lipinski definition) is 1. The van der Waals surface area contributed by atoms with E-state index in [1.807, 2.05) is 0 Å². The average Bonchev–Trinajstić information content (AvgIpc) is 2.90. The van der Waals surface area contributed by atoms with Gasteiger partial charge in [0.2, 0.25) is 0 Å². The molecule has 0 amide bonds. The van der Waals surface area contributed by atoms with Crippen LogP contribution in [0.2, 0.25) is 0 Å². The van der Waals surface area contributed by atoms with Gasteiger partial charge in [0, 0.05) is 12.6 Å². The molecule has 2 aliphatic heterocycles. The molecule has 3 nitrogen and oxygen atoms in total. The van der Waals surface area contributed by atoms with E-state index in [9.17, 15) is 0 Å². The first-order chi connectivity index (χ1) is 8.83. The Bertz CT molecular complexity index is 222. The van der Waals surface area contributed by atoms with Gasteiger partial charge in [-0.05, 0) is 64.3 Å². The summed E-state index contributed by atoms with van der Waals surface area (Å²) in [7, 11) is 0. The van der Waals surface area contributed by atoms with Crippen LogP contribution in [0.1, 0.15) is 45.4 Å². The first kappa shape index (κ1) is 14.3. The molecule has 0 aromatic rings.